The number of hydrogen-bond acceptors (Lipinski definition) is 4. The highest BCUT2D eigenvalue weighted by Gasteiger charge is 2.27. The monoisotopic (exact) mass is 482 g/mol. The number of nitrogens with one attached hydrogen (secondary N) is 1. The van der Waals surface area contributed by atoms with Gasteiger partial charge in [0.2, 0.25) is 5.91 Å². The minimum Gasteiger partial charge on any atom is -0.465 e. The van der Waals surface area contributed by atoms with Gasteiger partial charge < -0.3 is 20.2 Å². The number of halogens is 1. The molecule has 2 N–H and O–H groups in total. The predicted molar refractivity (Wildman–Crippen MR) is 134 cm³/mol. The van der Waals surface area contributed by atoms with Crippen LogP contribution in [0.25, 0.3) is 0 Å². The number of carbonyl (C=O) groups excluding carboxylic acids is 1. The van der Waals surface area contributed by atoms with Crippen LogP contribution in [0.2, 0.25) is 0 Å². The van der Waals surface area contributed by atoms with Crippen molar-refractivity contribution >= 4 is 17.7 Å². The summed E-state index contributed by atoms with van der Waals surface area (Å²) in [6, 6.07) is 15.1. The van der Waals surface area contributed by atoms with E-state index in [1.54, 1.807) is 12.1 Å². The summed E-state index contributed by atoms with van der Waals surface area (Å²) in [5, 5.41) is 12.7. The minimum absolute atomic E-state index is 0.00436. The number of likely N-dealkylation sites (tertiary alicyclic amines) is 1. The Hall–Kier alpha value is -3.13. The molecule has 188 valence electrons. The first kappa shape index (κ1) is 25.0. The normalized spacial score (nSPS) is 19.5. The molecule has 7 nitrogen and oxygen atoms in total. The van der Waals surface area contributed by atoms with Crippen molar-refractivity contribution in [1.82, 2.24) is 14.7 Å². The van der Waals surface area contributed by atoms with E-state index in [0.717, 1.165) is 63.2 Å². The van der Waals surface area contributed by atoms with Crippen molar-refractivity contribution in [2.45, 2.75) is 51.2 Å². The number of hydrogen-bond donors (Lipinski definition) is 2. The third kappa shape index (κ3) is 6.94. The largest absolute Gasteiger partial charge is 0.465 e. The molecule has 2 aromatic rings. The second-order valence-corrected chi connectivity index (χ2v) is 9.68. The van der Waals surface area contributed by atoms with Crippen molar-refractivity contribution in [2.24, 2.45) is 0 Å². The Morgan fingerprint density at radius 1 is 0.971 bits per heavy atom. The van der Waals surface area contributed by atoms with Crippen LogP contribution in [-0.2, 0) is 17.8 Å². The summed E-state index contributed by atoms with van der Waals surface area (Å²) >= 11 is 0. The lowest BCUT2D eigenvalue weighted by Gasteiger charge is -2.38. The van der Waals surface area contributed by atoms with Crippen molar-refractivity contribution < 1.29 is 19.1 Å². The molecule has 2 aromatic carbocycles. The molecule has 2 amide bonds. The fourth-order valence-corrected chi connectivity index (χ4v) is 4.99. The number of aryl methyl sites for hydroxylation is 1. The molecule has 0 aliphatic carbocycles. The molecule has 2 fully saturated rings. The molecule has 0 spiro atoms. The zero-order valence-electron chi connectivity index (χ0n) is 20.3. The molecule has 0 aromatic heterocycles. The summed E-state index contributed by atoms with van der Waals surface area (Å²) in [6.45, 7) is 6.25. The number of piperazine rings is 1. The average Bonchev–Trinajstić information content (AvgIpc) is 2.85. The predicted octanol–water partition coefficient (Wildman–Crippen LogP) is 4.05. The highest BCUT2D eigenvalue weighted by atomic mass is 19.1. The lowest BCUT2D eigenvalue weighted by molar-refractivity contribution is -0.132. The molecule has 0 radical (unpaired) electrons. The second kappa shape index (κ2) is 11.5. The number of carboxylic acid groups (broad SMARTS) is 1. The lowest BCUT2D eigenvalue weighted by Crippen LogP contribution is -2.53. The van der Waals surface area contributed by atoms with Gasteiger partial charge in [0.25, 0.3) is 0 Å². The topological polar surface area (TPSA) is 76.1 Å². The number of benzene rings is 2. The number of piperidine rings is 1. The molecular weight excluding hydrogens is 447 g/mol. The Morgan fingerprint density at radius 2 is 1.63 bits per heavy atom. The molecule has 0 saturated carbocycles. The van der Waals surface area contributed by atoms with Crippen LogP contribution in [-0.4, -0.2) is 76.6 Å². The third-order valence-corrected chi connectivity index (χ3v) is 7.08. The standard InChI is InChI=1S/C27H35FN4O3/c1-20-18-30(16-17-32(20)27(34)35)19-22-4-2-21(3-5-22)6-11-26(33)31-14-12-25(13-15-31)29-24-9-7-23(28)8-10-24/h2-5,7-10,20,25,29H,6,11-19H2,1H3,(H,34,35)/t20-/m0/s1. The van der Waals surface area contributed by atoms with Crippen molar-refractivity contribution in [3.05, 3.63) is 65.5 Å². The van der Waals surface area contributed by atoms with E-state index in [0.29, 0.717) is 19.0 Å². The maximum absolute atomic E-state index is 13.1. The average molecular weight is 483 g/mol. The van der Waals surface area contributed by atoms with E-state index in [1.165, 1.54) is 22.6 Å². The Bertz CT molecular complexity index is 990. The smallest absolute Gasteiger partial charge is 0.407 e. The van der Waals surface area contributed by atoms with E-state index in [4.69, 9.17) is 0 Å². The van der Waals surface area contributed by atoms with E-state index in [1.807, 2.05) is 11.8 Å². The zero-order valence-corrected chi connectivity index (χ0v) is 20.3. The van der Waals surface area contributed by atoms with Gasteiger partial charge in [-0.3, -0.25) is 9.69 Å². The number of anilines is 1. The van der Waals surface area contributed by atoms with Gasteiger partial charge in [0, 0.05) is 63.5 Å². The number of amides is 2. The molecule has 2 aliphatic heterocycles. The third-order valence-electron chi connectivity index (χ3n) is 7.08. The maximum Gasteiger partial charge on any atom is 0.407 e. The summed E-state index contributed by atoms with van der Waals surface area (Å²) in [4.78, 5) is 29.7. The SMILES string of the molecule is C[C@H]1CN(Cc2ccc(CCC(=O)N3CCC(Nc4ccc(F)cc4)CC3)cc2)CCN1C(=O)O. The molecule has 2 saturated heterocycles. The molecule has 4 rings (SSSR count). The highest BCUT2D eigenvalue weighted by molar-refractivity contribution is 5.76. The Labute approximate surface area is 206 Å². The maximum atomic E-state index is 13.1. The van der Waals surface area contributed by atoms with Gasteiger partial charge in [0.15, 0.2) is 0 Å². The van der Waals surface area contributed by atoms with Crippen LogP contribution in [0.1, 0.15) is 37.3 Å². The van der Waals surface area contributed by atoms with Gasteiger partial charge in [0.1, 0.15) is 5.82 Å². The Balaban J connectivity index is 1.17. The van der Waals surface area contributed by atoms with Crippen LogP contribution < -0.4 is 5.32 Å². The summed E-state index contributed by atoms with van der Waals surface area (Å²) in [6.07, 6.45) is 2.15. The number of nitrogens with zero attached hydrogens (tertiary/aromatic N) is 3. The van der Waals surface area contributed by atoms with Crippen molar-refractivity contribution in [2.75, 3.05) is 38.0 Å². The Kier molecular flexibility index (Phi) is 8.23. The van der Waals surface area contributed by atoms with Crippen LogP contribution in [0.4, 0.5) is 14.9 Å². The molecular formula is C27H35FN4O3. The van der Waals surface area contributed by atoms with Gasteiger partial charge in [-0.1, -0.05) is 24.3 Å². The first-order chi connectivity index (χ1) is 16.9. The van der Waals surface area contributed by atoms with Gasteiger partial charge >= 0.3 is 6.09 Å². The summed E-state index contributed by atoms with van der Waals surface area (Å²) in [7, 11) is 0. The fraction of sp³-hybridized carbons (Fsp3) is 0.481. The van der Waals surface area contributed by atoms with Crippen molar-refractivity contribution in [3.63, 3.8) is 0 Å². The number of carbonyl (C=O) groups is 2. The van der Waals surface area contributed by atoms with Crippen LogP contribution >= 0.6 is 0 Å². The van der Waals surface area contributed by atoms with Gasteiger partial charge in [-0.05, 0) is 61.6 Å². The highest BCUT2D eigenvalue weighted by Crippen LogP contribution is 2.19. The Morgan fingerprint density at radius 3 is 2.26 bits per heavy atom. The molecule has 1 atom stereocenters. The lowest BCUT2D eigenvalue weighted by atomic mass is 10.0. The summed E-state index contributed by atoms with van der Waals surface area (Å²) in [5.74, 6) is -0.0455. The van der Waals surface area contributed by atoms with E-state index in [9.17, 15) is 19.1 Å². The fourth-order valence-electron chi connectivity index (χ4n) is 4.99. The minimum atomic E-state index is -0.845. The van der Waals surface area contributed by atoms with Crippen molar-refractivity contribution in [3.8, 4) is 0 Å². The first-order valence-corrected chi connectivity index (χ1v) is 12.5. The van der Waals surface area contributed by atoms with Crippen LogP contribution in [0.3, 0.4) is 0 Å². The van der Waals surface area contributed by atoms with E-state index in [-0.39, 0.29) is 17.8 Å². The molecule has 0 unspecified atom stereocenters. The second-order valence-electron chi connectivity index (χ2n) is 9.68. The van der Waals surface area contributed by atoms with E-state index in [2.05, 4.69) is 34.5 Å². The summed E-state index contributed by atoms with van der Waals surface area (Å²) in [5.41, 5.74) is 3.27. The molecule has 2 aliphatic rings. The molecule has 35 heavy (non-hydrogen) atoms. The van der Waals surface area contributed by atoms with Gasteiger partial charge in [-0.25, -0.2) is 9.18 Å². The number of rotatable bonds is 7. The van der Waals surface area contributed by atoms with Gasteiger partial charge in [-0.2, -0.15) is 0 Å². The van der Waals surface area contributed by atoms with Gasteiger partial charge in [0.05, 0.1) is 0 Å². The zero-order chi connectivity index (χ0) is 24.8. The van der Waals surface area contributed by atoms with Crippen LogP contribution in [0, 0.1) is 5.82 Å². The van der Waals surface area contributed by atoms with Crippen molar-refractivity contribution in [1.29, 1.82) is 0 Å². The van der Waals surface area contributed by atoms with Crippen LogP contribution in [0.5, 0.6) is 0 Å². The first-order valence-electron chi connectivity index (χ1n) is 12.5. The molecule has 2 heterocycles. The molecule has 0 bridgehead atoms. The quantitative estimate of drug-likeness (QED) is 0.623. The van der Waals surface area contributed by atoms with Crippen LogP contribution in [0.15, 0.2) is 48.5 Å². The van der Waals surface area contributed by atoms with E-state index >= 15 is 0 Å². The molecule has 8 heteroatoms. The van der Waals surface area contributed by atoms with Gasteiger partial charge in [-0.15, -0.1) is 0 Å². The summed E-state index contributed by atoms with van der Waals surface area (Å²) < 4.78 is 13.1. The van der Waals surface area contributed by atoms with E-state index < -0.39 is 6.09 Å².